The Kier molecular flexibility index (Phi) is 7.65. The van der Waals surface area contributed by atoms with Crippen molar-refractivity contribution in [2.24, 2.45) is 0 Å². The molecular weight excluding hydrogens is 410 g/mol. The maximum atomic E-state index is 12.8. The molecule has 1 heterocycles. The molecule has 32 heavy (non-hydrogen) atoms. The summed E-state index contributed by atoms with van der Waals surface area (Å²) in [6, 6.07) is 13.3. The minimum Gasteiger partial charge on any atom is -0.445 e. The molecule has 1 amide bonds. The van der Waals surface area contributed by atoms with Gasteiger partial charge in [0.1, 0.15) is 24.0 Å². The quantitative estimate of drug-likeness (QED) is 0.313. The van der Waals surface area contributed by atoms with Crippen molar-refractivity contribution >= 4 is 23.0 Å². The number of amides is 1. The van der Waals surface area contributed by atoms with Crippen LogP contribution in [0, 0.1) is 6.92 Å². The Labute approximate surface area is 186 Å². The van der Waals surface area contributed by atoms with Gasteiger partial charge >= 0.3 is 17.7 Å². The highest BCUT2D eigenvalue weighted by molar-refractivity contribution is 5.87. The molecule has 7 heteroatoms. The summed E-state index contributed by atoms with van der Waals surface area (Å²) in [6.07, 6.45) is 1.03. The first-order valence-electron chi connectivity index (χ1n) is 10.7. The highest BCUT2D eigenvalue weighted by Crippen LogP contribution is 2.29. The molecule has 0 radical (unpaired) electrons. The van der Waals surface area contributed by atoms with Crippen molar-refractivity contribution in [2.45, 2.75) is 52.7 Å². The molecule has 1 atom stereocenters. The van der Waals surface area contributed by atoms with Crippen LogP contribution in [0.1, 0.15) is 43.4 Å². The van der Waals surface area contributed by atoms with E-state index in [1.165, 1.54) is 6.07 Å². The maximum Gasteiger partial charge on any atom is 0.408 e. The Morgan fingerprint density at radius 3 is 2.53 bits per heavy atom. The third-order valence-electron chi connectivity index (χ3n) is 5.16. The van der Waals surface area contributed by atoms with Gasteiger partial charge in [0.25, 0.3) is 0 Å². The molecular formula is C25H27NO6. The Balaban J connectivity index is 1.72. The van der Waals surface area contributed by atoms with Gasteiger partial charge in [-0.25, -0.2) is 14.4 Å². The predicted molar refractivity (Wildman–Crippen MR) is 121 cm³/mol. The number of hydrogen-bond donors (Lipinski definition) is 1. The molecule has 0 aliphatic carbocycles. The van der Waals surface area contributed by atoms with Crippen LogP contribution in [-0.2, 0) is 22.6 Å². The average Bonchev–Trinajstić information content (AvgIpc) is 2.79. The first-order valence-corrected chi connectivity index (χ1v) is 10.7. The number of fused-ring (bicyclic) bond motifs is 1. The van der Waals surface area contributed by atoms with E-state index < -0.39 is 23.7 Å². The number of carbonyl (C=O) groups excluding carboxylic acids is 2. The van der Waals surface area contributed by atoms with Gasteiger partial charge in [0, 0.05) is 17.0 Å². The summed E-state index contributed by atoms with van der Waals surface area (Å²) in [5, 5.41) is 3.39. The molecule has 168 valence electrons. The van der Waals surface area contributed by atoms with Crippen LogP contribution in [-0.4, -0.2) is 18.1 Å². The molecule has 1 aromatic heterocycles. The van der Waals surface area contributed by atoms with Gasteiger partial charge in [-0.2, -0.15) is 0 Å². The summed E-state index contributed by atoms with van der Waals surface area (Å²) in [7, 11) is 0. The smallest absolute Gasteiger partial charge is 0.408 e. The lowest BCUT2D eigenvalue weighted by Gasteiger charge is -2.18. The van der Waals surface area contributed by atoms with Crippen LogP contribution in [0.4, 0.5) is 4.79 Å². The van der Waals surface area contributed by atoms with Gasteiger partial charge in [-0.1, -0.05) is 50.6 Å². The topological polar surface area (TPSA) is 94.8 Å². The normalized spacial score (nSPS) is 11.7. The Morgan fingerprint density at radius 2 is 1.84 bits per heavy atom. The van der Waals surface area contributed by atoms with Crippen LogP contribution in [0.3, 0.4) is 0 Å². The minimum absolute atomic E-state index is 0.100. The van der Waals surface area contributed by atoms with Crippen molar-refractivity contribution in [3.63, 3.8) is 0 Å². The van der Waals surface area contributed by atoms with E-state index in [1.807, 2.05) is 44.2 Å². The van der Waals surface area contributed by atoms with E-state index in [2.05, 4.69) is 5.32 Å². The summed E-state index contributed by atoms with van der Waals surface area (Å²) in [6.45, 7) is 5.68. The van der Waals surface area contributed by atoms with Gasteiger partial charge in [0.05, 0.1) is 0 Å². The van der Waals surface area contributed by atoms with Gasteiger partial charge in [-0.3, -0.25) is 0 Å². The van der Waals surface area contributed by atoms with E-state index in [0.717, 1.165) is 16.5 Å². The first kappa shape index (κ1) is 23.1. The zero-order valence-corrected chi connectivity index (χ0v) is 18.5. The molecule has 1 N–H and O–H groups in total. The summed E-state index contributed by atoms with van der Waals surface area (Å²) in [5.74, 6) is -0.334. The molecule has 3 rings (SSSR count). The van der Waals surface area contributed by atoms with Crippen molar-refractivity contribution in [2.75, 3.05) is 0 Å². The monoisotopic (exact) mass is 437 g/mol. The summed E-state index contributed by atoms with van der Waals surface area (Å²) >= 11 is 0. The van der Waals surface area contributed by atoms with E-state index in [4.69, 9.17) is 13.9 Å². The van der Waals surface area contributed by atoms with E-state index in [1.54, 1.807) is 19.1 Å². The van der Waals surface area contributed by atoms with Gasteiger partial charge in [-0.15, -0.1) is 0 Å². The van der Waals surface area contributed by atoms with Gasteiger partial charge < -0.3 is 19.2 Å². The van der Waals surface area contributed by atoms with Crippen LogP contribution in [0.5, 0.6) is 5.75 Å². The second kappa shape index (κ2) is 10.6. The number of rotatable bonds is 8. The number of hydrogen-bond acceptors (Lipinski definition) is 6. The number of alkyl carbamates (subject to hydrolysis) is 1. The molecule has 0 aliphatic rings. The SMILES string of the molecule is CCC[C@@H](NC(=O)OCc1ccccc1)C(=O)Oc1ccc2c(CC)cc(=O)oc2c1C. The molecule has 0 fully saturated rings. The van der Waals surface area contributed by atoms with Crippen LogP contribution in [0.15, 0.2) is 57.7 Å². The molecule has 7 nitrogen and oxygen atoms in total. The van der Waals surface area contributed by atoms with Crippen molar-refractivity contribution in [1.29, 1.82) is 0 Å². The standard InChI is InChI=1S/C25H27NO6/c1-4-9-20(26-25(29)30-15-17-10-7-6-8-11-17)24(28)31-21-13-12-19-18(5-2)14-22(27)32-23(19)16(21)3/h6-8,10-14,20H,4-5,9,15H2,1-3H3,(H,26,29)/t20-/m1/s1. The number of aryl methyl sites for hydroxylation is 2. The fraction of sp³-hybridized carbons (Fsp3) is 0.320. The number of ether oxygens (including phenoxy) is 2. The fourth-order valence-corrected chi connectivity index (χ4v) is 3.44. The molecule has 3 aromatic rings. The maximum absolute atomic E-state index is 12.8. The second-order valence-electron chi connectivity index (χ2n) is 7.48. The van der Waals surface area contributed by atoms with Crippen molar-refractivity contribution in [1.82, 2.24) is 5.32 Å². The van der Waals surface area contributed by atoms with Crippen LogP contribution >= 0.6 is 0 Å². The van der Waals surface area contributed by atoms with Gasteiger partial charge in [0.2, 0.25) is 0 Å². The summed E-state index contributed by atoms with van der Waals surface area (Å²) < 4.78 is 16.2. The molecule has 0 spiro atoms. The lowest BCUT2D eigenvalue weighted by molar-refractivity contribution is -0.136. The van der Waals surface area contributed by atoms with Crippen molar-refractivity contribution in [3.05, 3.63) is 75.6 Å². The zero-order chi connectivity index (χ0) is 23.1. The van der Waals surface area contributed by atoms with Crippen molar-refractivity contribution < 1.29 is 23.5 Å². The largest absolute Gasteiger partial charge is 0.445 e. The third kappa shape index (κ3) is 5.55. The zero-order valence-electron chi connectivity index (χ0n) is 18.5. The van der Waals surface area contributed by atoms with Gasteiger partial charge in [-0.05, 0) is 43.0 Å². The van der Waals surface area contributed by atoms with Crippen molar-refractivity contribution in [3.8, 4) is 5.75 Å². The predicted octanol–water partition coefficient (Wildman–Crippen LogP) is 4.66. The number of esters is 1. The molecule has 0 saturated carbocycles. The average molecular weight is 437 g/mol. The Morgan fingerprint density at radius 1 is 1.09 bits per heavy atom. The summed E-state index contributed by atoms with van der Waals surface area (Å²) in [4.78, 5) is 36.9. The highest BCUT2D eigenvalue weighted by atomic mass is 16.6. The Hall–Kier alpha value is -3.61. The highest BCUT2D eigenvalue weighted by Gasteiger charge is 2.24. The molecule has 0 aliphatic heterocycles. The fourth-order valence-electron chi connectivity index (χ4n) is 3.44. The van der Waals surface area contributed by atoms with E-state index in [9.17, 15) is 14.4 Å². The Bertz CT molecular complexity index is 1150. The van der Waals surface area contributed by atoms with Gasteiger partial charge in [0.15, 0.2) is 0 Å². The molecule has 0 bridgehead atoms. The molecule has 0 unspecified atom stereocenters. The van der Waals surface area contributed by atoms with Crippen LogP contribution in [0.25, 0.3) is 11.0 Å². The molecule has 0 saturated heterocycles. The van der Waals surface area contributed by atoms with E-state index in [0.29, 0.717) is 30.4 Å². The second-order valence-corrected chi connectivity index (χ2v) is 7.48. The third-order valence-corrected chi connectivity index (χ3v) is 5.16. The van der Waals surface area contributed by atoms with E-state index in [-0.39, 0.29) is 12.4 Å². The van der Waals surface area contributed by atoms with Crippen LogP contribution in [0.2, 0.25) is 0 Å². The lowest BCUT2D eigenvalue weighted by atomic mass is 10.0. The molecule has 2 aromatic carbocycles. The minimum atomic E-state index is -0.868. The lowest BCUT2D eigenvalue weighted by Crippen LogP contribution is -2.43. The number of carbonyl (C=O) groups is 2. The number of benzene rings is 2. The summed E-state index contributed by atoms with van der Waals surface area (Å²) in [5.41, 5.74) is 2.20. The van der Waals surface area contributed by atoms with Crippen LogP contribution < -0.4 is 15.7 Å². The number of nitrogens with one attached hydrogen (secondary N) is 1. The first-order chi connectivity index (χ1) is 15.4. The van der Waals surface area contributed by atoms with E-state index >= 15 is 0 Å².